The predicted octanol–water partition coefficient (Wildman–Crippen LogP) is 4.11. The topological polar surface area (TPSA) is 0 Å². The van der Waals surface area contributed by atoms with Gasteiger partial charge in [-0.2, -0.15) is 0 Å². The third kappa shape index (κ3) is 22.8. The molecule has 0 unspecified atom stereocenters. The van der Waals surface area contributed by atoms with Crippen LogP contribution in [0.2, 0.25) is 6.32 Å². The molecule has 0 amide bonds. The van der Waals surface area contributed by atoms with Gasteiger partial charge in [0.25, 0.3) is 0 Å². The molecule has 0 aliphatic heterocycles. The summed E-state index contributed by atoms with van der Waals surface area (Å²) < 4.78 is 0. The average molecular weight is 291 g/mol. The molecular weight excluding hydrogens is 265 g/mol. The first kappa shape index (κ1) is 24.7. The monoisotopic (exact) mass is 291 g/mol. The number of thiol groups is 1. The molecule has 16 heavy (non-hydrogen) atoms. The fourth-order valence-electron chi connectivity index (χ4n) is 1.72. The molecule has 0 aromatic rings. The fourth-order valence-corrected chi connectivity index (χ4v) is 1.91. The van der Waals surface area contributed by atoms with Gasteiger partial charge in [0.2, 0.25) is 0 Å². The molecule has 0 fully saturated rings. The Bertz CT molecular complexity index is 93.0. The van der Waals surface area contributed by atoms with Crippen LogP contribution in [-0.2, 0) is 0 Å². The van der Waals surface area contributed by atoms with E-state index in [0.717, 1.165) is 0 Å². The number of hydrogen-bond donors (Lipinski definition) is 1. The Balaban J connectivity index is -0.000000845. The molecule has 0 heterocycles. The van der Waals surface area contributed by atoms with Gasteiger partial charge in [-0.05, 0) is 0 Å². The minimum Gasteiger partial charge on any atom is -0.235 e. The van der Waals surface area contributed by atoms with Gasteiger partial charge >= 0.3 is 0 Å². The summed E-state index contributed by atoms with van der Waals surface area (Å²) in [5, 5.41) is 0. The van der Waals surface area contributed by atoms with Gasteiger partial charge in [0.1, 0.15) is 0 Å². The van der Waals surface area contributed by atoms with Crippen LogP contribution in [-0.4, -0.2) is 109 Å². The molecule has 0 rings (SSSR count). The van der Waals surface area contributed by atoms with E-state index in [9.17, 15) is 0 Å². The molecule has 0 saturated carbocycles. The smallest absolute Gasteiger partial charge is 0.187 e. The normalized spacial score (nSPS) is 9.12. The van der Waals surface area contributed by atoms with Crippen LogP contribution in [0.5, 0.6) is 0 Å². The molecule has 0 aliphatic carbocycles. The van der Waals surface area contributed by atoms with Crippen LogP contribution < -0.4 is 0 Å². The van der Waals surface area contributed by atoms with Crippen molar-refractivity contribution in [3.8, 4) is 0 Å². The zero-order chi connectivity index (χ0) is 10.5. The largest absolute Gasteiger partial charge is 0.235 e. The van der Waals surface area contributed by atoms with E-state index in [1.54, 1.807) is 0 Å². The molecule has 0 spiro atoms. The Morgan fingerprint density at radius 2 is 1.06 bits per heavy atom. The molecule has 0 aromatic carbocycles. The summed E-state index contributed by atoms with van der Waals surface area (Å²) in [4.78, 5) is 0. The van der Waals surface area contributed by atoms with Gasteiger partial charge in [-0.3, -0.25) is 0 Å². The van der Waals surface area contributed by atoms with Crippen LogP contribution in [0.1, 0.15) is 71.1 Å². The second-order valence-corrected chi connectivity index (χ2v) is 4.52. The third-order valence-electron chi connectivity index (χ3n) is 2.69. The van der Waals surface area contributed by atoms with E-state index in [1.165, 1.54) is 70.5 Å². The number of rotatable bonds is 11. The number of hydrogen-bond acceptors (Lipinski definition) is 1. The van der Waals surface area contributed by atoms with E-state index < -0.39 is 0 Å². The second kappa shape index (κ2) is 23.8. The second-order valence-electron chi connectivity index (χ2n) is 4.15. The van der Waals surface area contributed by atoms with Gasteiger partial charge in [0, 0.05) is 103 Å². The summed E-state index contributed by atoms with van der Waals surface area (Å²) in [5.41, 5.74) is 0. The zero-order valence-corrected chi connectivity index (χ0v) is 18.9. The van der Waals surface area contributed by atoms with E-state index in [2.05, 4.69) is 19.4 Å². The summed E-state index contributed by atoms with van der Waals surface area (Å²) in [6.07, 6.45) is 15.4. The molecule has 0 atom stereocenters. The van der Waals surface area contributed by atoms with E-state index in [0.29, 0.717) is 0 Å². The van der Waals surface area contributed by atoms with Crippen molar-refractivity contribution in [2.24, 2.45) is 0 Å². The van der Waals surface area contributed by atoms with Crippen LogP contribution in [0, 0.1) is 0 Å². The van der Waals surface area contributed by atoms with Crippen molar-refractivity contribution in [2.45, 2.75) is 77.5 Å². The maximum Gasteiger partial charge on any atom is 0.187 e. The Labute approximate surface area is 195 Å². The summed E-state index contributed by atoms with van der Waals surface area (Å²) >= 11 is 4.09. The Kier molecular flexibility index (Phi) is 36.7. The van der Waals surface area contributed by atoms with Crippen LogP contribution in [0.25, 0.3) is 0 Å². The van der Waals surface area contributed by atoms with Crippen LogP contribution >= 0.6 is 12.5 Å². The quantitative estimate of drug-likeness (QED) is 0.330. The van der Waals surface area contributed by atoms with Crippen molar-refractivity contribution in [1.82, 2.24) is 0 Å². The average Bonchev–Trinajstić information content (AvgIpc) is 2.21. The van der Waals surface area contributed by atoms with Crippen molar-refractivity contribution in [1.29, 1.82) is 0 Å². The van der Waals surface area contributed by atoms with Crippen molar-refractivity contribution in [2.75, 3.05) is 0 Å². The van der Waals surface area contributed by atoms with E-state index in [4.69, 9.17) is 0 Å². The maximum absolute atomic E-state index is 4.09. The number of unbranched alkanes of at least 4 members (excludes halogenated alkanes) is 9. The summed E-state index contributed by atoms with van der Waals surface area (Å²) in [7, 11) is 0. The van der Waals surface area contributed by atoms with E-state index in [1.807, 2.05) is 6.56 Å². The molecule has 3 radical (unpaired) electrons. The minimum atomic E-state index is 0. The summed E-state index contributed by atoms with van der Waals surface area (Å²) in [6, 6.07) is 0. The van der Waals surface area contributed by atoms with Gasteiger partial charge in [-0.15, -0.1) is 0 Å². The maximum atomic E-state index is 4.09. The third-order valence-corrected chi connectivity index (χ3v) is 2.94. The molecule has 4 heteroatoms. The first-order valence-corrected chi connectivity index (χ1v) is 6.89. The summed E-state index contributed by atoms with van der Waals surface area (Å²) in [6.45, 7) is 4.25. The Morgan fingerprint density at radius 3 is 1.44 bits per heavy atom. The van der Waals surface area contributed by atoms with Gasteiger partial charge in [-0.1, -0.05) is 77.5 Å². The van der Waals surface area contributed by atoms with Crippen molar-refractivity contribution < 1.29 is 0 Å². The molecule has 0 saturated heterocycles. The SMILES string of the molecule is CCCCCCCCCCCC[B]S.[K].[K]. The van der Waals surface area contributed by atoms with Gasteiger partial charge in [0.05, 0.1) is 0 Å². The van der Waals surface area contributed by atoms with E-state index in [-0.39, 0.29) is 103 Å². The molecule has 0 nitrogen and oxygen atoms in total. The first-order valence-electron chi connectivity index (χ1n) is 6.37. The van der Waals surface area contributed by atoms with Crippen molar-refractivity contribution in [3.05, 3.63) is 0 Å². The fraction of sp³-hybridized carbons (Fsp3) is 1.00. The predicted molar refractivity (Wildman–Crippen MR) is 82.9 cm³/mol. The van der Waals surface area contributed by atoms with Crippen molar-refractivity contribution >= 4 is 122 Å². The molecule has 0 N–H and O–H groups in total. The summed E-state index contributed by atoms with van der Waals surface area (Å²) in [5.74, 6) is 0. The van der Waals surface area contributed by atoms with Crippen LogP contribution in [0.4, 0.5) is 0 Å². The molecule has 0 bridgehead atoms. The Hall–Kier alpha value is 3.69. The molecular formula is C12H26BK2S. The van der Waals surface area contributed by atoms with Crippen molar-refractivity contribution in [3.63, 3.8) is 0 Å². The van der Waals surface area contributed by atoms with Gasteiger partial charge < -0.3 is 0 Å². The van der Waals surface area contributed by atoms with Gasteiger partial charge in [-0.25, -0.2) is 12.5 Å². The first-order chi connectivity index (χ1) is 6.91. The molecule has 85 valence electrons. The molecule has 0 aliphatic rings. The van der Waals surface area contributed by atoms with Crippen LogP contribution in [0.15, 0.2) is 0 Å². The van der Waals surface area contributed by atoms with Crippen LogP contribution in [0.3, 0.4) is 0 Å². The Morgan fingerprint density at radius 1 is 0.688 bits per heavy atom. The zero-order valence-electron chi connectivity index (χ0n) is 11.8. The minimum absolute atomic E-state index is 0. The molecule has 0 aromatic heterocycles. The van der Waals surface area contributed by atoms with Gasteiger partial charge in [0.15, 0.2) is 6.56 Å². The standard InChI is InChI=1S/C12H26BS.2K/c1-2-3-4-5-6-7-8-9-10-11-12-13-14;;/h14H,2-12H2,1H3;;. The van der Waals surface area contributed by atoms with E-state index >= 15 is 0 Å².